The van der Waals surface area contributed by atoms with Gasteiger partial charge in [-0.2, -0.15) is 5.10 Å². The monoisotopic (exact) mass is 251 g/mol. The van der Waals surface area contributed by atoms with Crippen molar-refractivity contribution in [3.05, 3.63) is 11.4 Å². The molecule has 1 aromatic rings. The number of amides is 2. The average Bonchev–Trinajstić information content (AvgIpc) is 2.56. The van der Waals surface area contributed by atoms with Crippen LogP contribution in [0.3, 0.4) is 0 Å². The summed E-state index contributed by atoms with van der Waals surface area (Å²) >= 11 is 0. The van der Waals surface area contributed by atoms with Crippen molar-refractivity contribution >= 4 is 17.5 Å². The Morgan fingerprint density at radius 2 is 2.00 bits per heavy atom. The van der Waals surface area contributed by atoms with Gasteiger partial charge in [-0.3, -0.25) is 14.3 Å². The second-order valence-corrected chi connectivity index (χ2v) is 4.51. The number of aromatic nitrogens is 2. The Balaban J connectivity index is 2.24. The number of anilines is 1. The molecule has 2 N–H and O–H groups in total. The third-order valence-electron chi connectivity index (χ3n) is 3.22. The summed E-state index contributed by atoms with van der Waals surface area (Å²) in [4.78, 5) is 27.0. The normalized spacial score (nSPS) is 16.3. The first-order chi connectivity index (χ1) is 8.41. The summed E-state index contributed by atoms with van der Waals surface area (Å²) in [6, 6.07) is 0. The van der Waals surface area contributed by atoms with Crippen molar-refractivity contribution in [1.29, 1.82) is 0 Å². The molecule has 1 aliphatic rings. The maximum absolute atomic E-state index is 12.3. The van der Waals surface area contributed by atoms with E-state index < -0.39 is 0 Å². The third-order valence-corrected chi connectivity index (χ3v) is 3.22. The lowest BCUT2D eigenvalue weighted by Crippen LogP contribution is -2.51. The second-order valence-electron chi connectivity index (χ2n) is 4.51. The van der Waals surface area contributed by atoms with Crippen molar-refractivity contribution in [3.8, 4) is 0 Å². The topological polar surface area (TPSA) is 84.5 Å². The summed E-state index contributed by atoms with van der Waals surface area (Å²) in [6.45, 7) is 2.91. The van der Waals surface area contributed by atoms with Gasteiger partial charge in [0.25, 0.3) is 5.91 Å². The summed E-state index contributed by atoms with van der Waals surface area (Å²) in [5.74, 6) is -0.302. The van der Waals surface area contributed by atoms with E-state index >= 15 is 0 Å². The van der Waals surface area contributed by atoms with Crippen LogP contribution in [0, 0.1) is 6.92 Å². The number of nitrogen functional groups attached to an aromatic ring is 1. The van der Waals surface area contributed by atoms with Crippen LogP contribution in [0.2, 0.25) is 0 Å². The number of likely N-dealkylation sites (N-methyl/N-ethyl adjacent to an activating group) is 1. The van der Waals surface area contributed by atoms with Crippen molar-refractivity contribution in [2.75, 3.05) is 32.4 Å². The fourth-order valence-electron chi connectivity index (χ4n) is 2.01. The Labute approximate surface area is 105 Å². The van der Waals surface area contributed by atoms with Crippen LogP contribution in [0.5, 0.6) is 0 Å². The molecule has 1 fully saturated rings. The molecule has 0 spiro atoms. The van der Waals surface area contributed by atoms with Crippen molar-refractivity contribution in [1.82, 2.24) is 19.6 Å². The molecule has 0 aromatic carbocycles. The SMILES string of the molecule is Cc1nn(C)c(C(=O)N2CCN(C)C(=O)C2)c1N. The predicted molar refractivity (Wildman–Crippen MR) is 65.9 cm³/mol. The zero-order valence-corrected chi connectivity index (χ0v) is 10.8. The van der Waals surface area contributed by atoms with E-state index in [1.165, 1.54) is 9.58 Å². The Kier molecular flexibility index (Phi) is 2.98. The molecular weight excluding hydrogens is 234 g/mol. The molecule has 0 aliphatic carbocycles. The smallest absolute Gasteiger partial charge is 0.274 e. The Morgan fingerprint density at radius 3 is 2.50 bits per heavy atom. The van der Waals surface area contributed by atoms with Gasteiger partial charge >= 0.3 is 0 Å². The summed E-state index contributed by atoms with van der Waals surface area (Å²) < 4.78 is 1.47. The zero-order valence-electron chi connectivity index (χ0n) is 10.8. The fourth-order valence-corrected chi connectivity index (χ4v) is 2.01. The first-order valence-corrected chi connectivity index (χ1v) is 5.74. The van der Waals surface area contributed by atoms with Gasteiger partial charge in [-0.05, 0) is 6.92 Å². The van der Waals surface area contributed by atoms with Crippen LogP contribution < -0.4 is 5.73 Å². The van der Waals surface area contributed by atoms with E-state index in [0.717, 1.165) is 0 Å². The number of carbonyl (C=O) groups is 2. The van der Waals surface area contributed by atoms with Crippen molar-refractivity contribution in [2.24, 2.45) is 7.05 Å². The van der Waals surface area contributed by atoms with Crippen LogP contribution in [0.1, 0.15) is 16.2 Å². The van der Waals surface area contributed by atoms with E-state index in [0.29, 0.717) is 30.2 Å². The summed E-state index contributed by atoms with van der Waals surface area (Å²) in [7, 11) is 3.40. The van der Waals surface area contributed by atoms with Gasteiger partial charge in [0.05, 0.1) is 11.4 Å². The third kappa shape index (κ3) is 1.92. The lowest BCUT2D eigenvalue weighted by molar-refractivity contribution is -0.133. The minimum atomic E-state index is -0.239. The zero-order chi connectivity index (χ0) is 13.4. The maximum atomic E-state index is 12.3. The molecule has 2 amide bonds. The molecular formula is C11H17N5O2. The number of nitrogens with two attached hydrogens (primary N) is 1. The Hall–Kier alpha value is -2.05. The maximum Gasteiger partial charge on any atom is 0.274 e. The molecule has 0 radical (unpaired) electrons. The van der Waals surface area contributed by atoms with Gasteiger partial charge in [0.2, 0.25) is 5.91 Å². The molecule has 2 rings (SSSR count). The number of aryl methyl sites for hydroxylation is 2. The van der Waals surface area contributed by atoms with Gasteiger partial charge in [-0.15, -0.1) is 0 Å². The number of carbonyl (C=O) groups excluding carboxylic acids is 2. The molecule has 7 heteroatoms. The molecule has 0 saturated carbocycles. The van der Waals surface area contributed by atoms with Gasteiger partial charge in [0, 0.05) is 27.2 Å². The highest BCUT2D eigenvalue weighted by atomic mass is 16.2. The Morgan fingerprint density at radius 1 is 1.33 bits per heavy atom. The molecule has 1 aromatic heterocycles. The summed E-state index contributed by atoms with van der Waals surface area (Å²) in [5, 5.41) is 4.11. The van der Waals surface area contributed by atoms with Crippen LogP contribution in [0.25, 0.3) is 0 Å². The van der Waals surface area contributed by atoms with Crippen LogP contribution >= 0.6 is 0 Å². The lowest BCUT2D eigenvalue weighted by Gasteiger charge is -2.31. The highest BCUT2D eigenvalue weighted by Crippen LogP contribution is 2.18. The first-order valence-electron chi connectivity index (χ1n) is 5.74. The first kappa shape index (κ1) is 12.4. The van der Waals surface area contributed by atoms with Gasteiger partial charge in [-0.25, -0.2) is 0 Å². The van der Waals surface area contributed by atoms with Gasteiger partial charge in [0.15, 0.2) is 0 Å². The summed E-state index contributed by atoms with van der Waals surface area (Å²) in [6.07, 6.45) is 0. The molecule has 1 saturated heterocycles. The van der Waals surface area contributed by atoms with E-state index in [-0.39, 0.29) is 18.4 Å². The molecule has 0 atom stereocenters. The quantitative estimate of drug-likeness (QED) is 0.710. The van der Waals surface area contributed by atoms with Crippen molar-refractivity contribution in [3.63, 3.8) is 0 Å². The van der Waals surface area contributed by atoms with Crippen molar-refractivity contribution in [2.45, 2.75) is 6.92 Å². The van der Waals surface area contributed by atoms with E-state index in [9.17, 15) is 9.59 Å². The van der Waals surface area contributed by atoms with Crippen LogP contribution in [-0.2, 0) is 11.8 Å². The number of nitrogens with zero attached hydrogens (tertiary/aromatic N) is 4. The largest absolute Gasteiger partial charge is 0.395 e. The minimum Gasteiger partial charge on any atom is -0.395 e. The van der Waals surface area contributed by atoms with Gasteiger partial charge in [0.1, 0.15) is 12.2 Å². The van der Waals surface area contributed by atoms with Crippen molar-refractivity contribution < 1.29 is 9.59 Å². The standard InChI is InChI=1S/C11H17N5O2/c1-7-9(12)10(15(3)13-7)11(18)16-5-4-14(2)8(17)6-16/h4-6,12H2,1-3H3. The number of piperazine rings is 1. The predicted octanol–water partition coefficient (Wildman–Crippen LogP) is -0.775. The van der Waals surface area contributed by atoms with Gasteiger partial charge < -0.3 is 15.5 Å². The average molecular weight is 251 g/mol. The van der Waals surface area contributed by atoms with E-state index in [1.54, 1.807) is 25.9 Å². The van der Waals surface area contributed by atoms with Crippen LogP contribution in [-0.4, -0.2) is 58.1 Å². The highest BCUT2D eigenvalue weighted by molar-refractivity contribution is 6.00. The molecule has 0 bridgehead atoms. The van der Waals surface area contributed by atoms with Gasteiger partial charge in [-0.1, -0.05) is 0 Å². The number of rotatable bonds is 1. The molecule has 98 valence electrons. The van der Waals surface area contributed by atoms with Crippen LogP contribution in [0.4, 0.5) is 5.69 Å². The summed E-state index contributed by atoms with van der Waals surface area (Å²) in [5.41, 5.74) is 7.21. The minimum absolute atomic E-state index is 0.0629. The lowest BCUT2D eigenvalue weighted by atomic mass is 10.2. The fraction of sp³-hybridized carbons (Fsp3) is 0.545. The molecule has 18 heavy (non-hydrogen) atoms. The van der Waals surface area contributed by atoms with E-state index in [1.807, 2.05) is 0 Å². The molecule has 0 unspecified atom stereocenters. The van der Waals surface area contributed by atoms with Crippen LogP contribution in [0.15, 0.2) is 0 Å². The highest BCUT2D eigenvalue weighted by Gasteiger charge is 2.29. The van der Waals surface area contributed by atoms with E-state index in [4.69, 9.17) is 5.73 Å². The molecule has 1 aliphatic heterocycles. The Bertz CT molecular complexity index is 508. The molecule has 2 heterocycles. The molecule has 7 nitrogen and oxygen atoms in total. The number of hydrogen-bond acceptors (Lipinski definition) is 4. The second kappa shape index (κ2) is 4.32. The number of hydrogen-bond donors (Lipinski definition) is 1. The van der Waals surface area contributed by atoms with E-state index in [2.05, 4.69) is 5.10 Å².